The minimum atomic E-state index is -0.963. The monoisotopic (exact) mass is 2070 g/mol. The van der Waals surface area contributed by atoms with E-state index in [9.17, 15) is 48.4 Å². The van der Waals surface area contributed by atoms with Gasteiger partial charge in [-0.05, 0) is 324 Å². The van der Waals surface area contributed by atoms with E-state index in [4.69, 9.17) is 67.3 Å². The van der Waals surface area contributed by atoms with Crippen molar-refractivity contribution in [1.82, 2.24) is 39.5 Å². The van der Waals surface area contributed by atoms with Crippen molar-refractivity contribution < 1.29 is 95.8 Å². The molecular weight excluding hydrogens is 1910 g/mol. The van der Waals surface area contributed by atoms with E-state index >= 15 is 0 Å². The minimum Gasteiger partial charge on any atom is -0.496 e. The van der Waals surface area contributed by atoms with Crippen LogP contribution in [0.5, 0.6) is 11.5 Å². The van der Waals surface area contributed by atoms with Gasteiger partial charge in [0.1, 0.15) is 70.6 Å². The van der Waals surface area contributed by atoms with Crippen LogP contribution in [-0.4, -0.2) is 254 Å². The Hall–Kier alpha value is -10.5. The number of fused-ring (bicyclic) bond motifs is 4. The third-order valence-corrected chi connectivity index (χ3v) is 31.6. The predicted molar refractivity (Wildman–Crippen MR) is 570 cm³/mol. The average molecular weight is 2070 g/mol. The number of unbranched alkanes of at least 4 members (excludes halogenated alkanes) is 4. The van der Waals surface area contributed by atoms with Gasteiger partial charge in [0.05, 0.1) is 63.1 Å². The molecule has 20 rings (SSSR count). The van der Waals surface area contributed by atoms with Crippen LogP contribution in [-0.2, 0) is 108 Å². The fourth-order valence-electron chi connectivity index (χ4n) is 23.8. The first-order chi connectivity index (χ1) is 73.2. The van der Waals surface area contributed by atoms with Crippen molar-refractivity contribution in [3.63, 3.8) is 0 Å². The highest BCUT2D eigenvalue weighted by molar-refractivity contribution is 5.79. The second-order valence-electron chi connectivity index (χ2n) is 42.5. The number of likely N-dealkylation sites (tertiary alicyclic amines) is 4. The highest BCUT2D eigenvalue weighted by Gasteiger charge is 2.43. The smallest absolute Gasteiger partial charge is 0.325 e. The molecule has 32 heteroatoms. The zero-order valence-electron chi connectivity index (χ0n) is 88.3. The SMILES string of the molecule is COc1cc(CCCCO[C@@H]2CCN([C@@H](C(=O)O)c3cc(C)ccc3[C@@H]3CCCO3)C2)nc2c1CCCN2.COc1cc(CCCCO[C@@H]2CCN([C@H](C(=O)O)c3cc(C)ccc3[C@@H]3CCCO3)C2)nc2c1CCCN2.O=C(O)[C@@H](c1cc(F)ccc1[C@@H]1CCCCO1)N1CC[C@H](OCCCCc2ccc3c(n2)NCCC3)C1.O=C(O)[C@H](c1cc(F)ccc1[C@@H]1CCCCO1)N1CC[C@H](OCCCCc2ccc3c(n2)NCCC3)C1. The van der Waals surface area contributed by atoms with Gasteiger partial charge in [-0.15, -0.1) is 0 Å². The summed E-state index contributed by atoms with van der Waals surface area (Å²) >= 11 is 0. The van der Waals surface area contributed by atoms with Crippen molar-refractivity contribution in [1.29, 1.82) is 0 Å². The van der Waals surface area contributed by atoms with Crippen LogP contribution in [0.25, 0.3) is 0 Å². The number of aliphatic carboxylic acids is 4. The maximum atomic E-state index is 14.3. The van der Waals surface area contributed by atoms with Crippen LogP contribution < -0.4 is 30.7 Å². The van der Waals surface area contributed by atoms with E-state index in [0.29, 0.717) is 103 Å². The molecular formula is C118H158F2N12O18. The van der Waals surface area contributed by atoms with Gasteiger partial charge in [0, 0.05) is 177 Å². The van der Waals surface area contributed by atoms with E-state index < -0.39 is 59.7 Å². The maximum absolute atomic E-state index is 14.3. The van der Waals surface area contributed by atoms with Crippen LogP contribution in [0.4, 0.5) is 32.1 Å². The van der Waals surface area contributed by atoms with Gasteiger partial charge in [-0.25, -0.2) is 28.7 Å². The molecule has 12 aliphatic heterocycles. The third kappa shape index (κ3) is 29.8. The second-order valence-corrected chi connectivity index (χ2v) is 42.5. The van der Waals surface area contributed by atoms with Crippen LogP contribution in [0.3, 0.4) is 0 Å². The number of pyridine rings is 4. The second kappa shape index (κ2) is 55.4. The molecule has 0 spiro atoms. The Morgan fingerprint density at radius 2 is 0.647 bits per heavy atom. The summed E-state index contributed by atoms with van der Waals surface area (Å²) in [4.78, 5) is 76.9. The number of methoxy groups -OCH3 is 2. The number of carboxylic acid groups (broad SMARTS) is 4. The van der Waals surface area contributed by atoms with E-state index in [1.807, 2.05) is 35.8 Å². The molecule has 150 heavy (non-hydrogen) atoms. The topological polar surface area (TPSA) is 354 Å². The summed E-state index contributed by atoms with van der Waals surface area (Å²) in [5.41, 5.74) is 17.8. The molecule has 30 nitrogen and oxygen atoms in total. The molecule has 0 bridgehead atoms. The van der Waals surface area contributed by atoms with Crippen LogP contribution in [0, 0.1) is 25.5 Å². The maximum Gasteiger partial charge on any atom is 0.325 e. The Kier molecular flexibility index (Phi) is 40.9. The summed E-state index contributed by atoms with van der Waals surface area (Å²) in [6.07, 6.45) is 32.6. The number of nitrogens with zero attached hydrogens (tertiary/aromatic N) is 8. The molecule has 8 N–H and O–H groups in total. The lowest BCUT2D eigenvalue weighted by Gasteiger charge is -2.30. The Morgan fingerprint density at radius 3 is 0.960 bits per heavy atom. The van der Waals surface area contributed by atoms with Crippen LogP contribution in [0.1, 0.15) is 316 Å². The largest absolute Gasteiger partial charge is 0.496 e. The molecule has 12 atom stereocenters. The molecule has 0 amide bonds. The van der Waals surface area contributed by atoms with E-state index in [1.54, 1.807) is 26.4 Å². The number of hydrogen-bond acceptors (Lipinski definition) is 26. The molecule has 812 valence electrons. The van der Waals surface area contributed by atoms with Crippen LogP contribution >= 0.6 is 0 Å². The summed E-state index contributed by atoms with van der Waals surface area (Å²) in [5, 5.41) is 54.4. The Bertz CT molecular complexity index is 5380. The number of ether oxygens (including phenoxy) is 10. The quantitative estimate of drug-likeness (QED) is 0.0165. The Morgan fingerprint density at radius 1 is 0.347 bits per heavy atom. The van der Waals surface area contributed by atoms with Gasteiger partial charge in [0.2, 0.25) is 0 Å². The van der Waals surface area contributed by atoms with Gasteiger partial charge in [0.15, 0.2) is 0 Å². The first kappa shape index (κ1) is 111. The zero-order valence-corrected chi connectivity index (χ0v) is 88.3. The number of nitrogens with one attached hydrogen (secondary N) is 4. The van der Waals surface area contributed by atoms with E-state index in [1.165, 1.54) is 46.5 Å². The van der Waals surface area contributed by atoms with Crippen molar-refractivity contribution in [2.45, 2.75) is 305 Å². The Labute approximate surface area is 882 Å². The lowest BCUT2D eigenvalue weighted by molar-refractivity contribution is -0.144. The van der Waals surface area contributed by atoms with Crippen LogP contribution in [0.2, 0.25) is 0 Å². The number of rotatable bonds is 42. The molecule has 8 aromatic rings. The molecule has 0 radical (unpaired) electrons. The third-order valence-electron chi connectivity index (χ3n) is 31.6. The number of anilines is 4. The molecule has 0 unspecified atom stereocenters. The van der Waals surface area contributed by atoms with Crippen LogP contribution in [0.15, 0.2) is 109 Å². The summed E-state index contributed by atoms with van der Waals surface area (Å²) < 4.78 is 88.1. The zero-order chi connectivity index (χ0) is 104. The van der Waals surface area contributed by atoms with E-state index in [0.717, 1.165) is 360 Å². The fraction of sp³-hybridized carbons (Fsp3) is 0.593. The Balaban J connectivity index is 0.000000136. The van der Waals surface area contributed by atoms with Gasteiger partial charge in [-0.1, -0.05) is 71.8 Å². The molecule has 4 aromatic heterocycles. The number of carboxylic acids is 4. The molecule has 4 aromatic carbocycles. The lowest BCUT2D eigenvalue weighted by Crippen LogP contribution is -2.34. The molecule has 12 aliphatic rings. The van der Waals surface area contributed by atoms with E-state index in [-0.39, 0.29) is 48.8 Å². The highest BCUT2D eigenvalue weighted by Crippen LogP contribution is 2.45. The first-order valence-electron chi connectivity index (χ1n) is 55.9. The van der Waals surface area contributed by atoms with Crippen molar-refractivity contribution in [3.8, 4) is 11.5 Å². The molecule has 8 saturated heterocycles. The molecule has 0 saturated carbocycles. The molecule has 0 aliphatic carbocycles. The summed E-state index contributed by atoms with van der Waals surface area (Å²) in [6.45, 7) is 18.3. The van der Waals surface area contributed by atoms with Crippen molar-refractivity contribution in [2.24, 2.45) is 0 Å². The number of aromatic nitrogens is 4. The fourth-order valence-corrected chi connectivity index (χ4v) is 23.8. The molecule has 8 fully saturated rings. The van der Waals surface area contributed by atoms with Gasteiger partial charge in [-0.2, -0.15) is 0 Å². The van der Waals surface area contributed by atoms with Gasteiger partial charge >= 0.3 is 23.9 Å². The van der Waals surface area contributed by atoms with E-state index in [2.05, 4.69) is 91.7 Å². The summed E-state index contributed by atoms with van der Waals surface area (Å²) in [7, 11) is 3.45. The van der Waals surface area contributed by atoms with Crippen molar-refractivity contribution in [3.05, 3.63) is 221 Å². The predicted octanol–water partition coefficient (Wildman–Crippen LogP) is 19.8. The van der Waals surface area contributed by atoms with Crippen molar-refractivity contribution >= 4 is 47.1 Å². The van der Waals surface area contributed by atoms with Gasteiger partial charge < -0.3 is 89.1 Å². The number of halogens is 2. The number of aryl methyl sites for hydroxylation is 8. The van der Waals surface area contributed by atoms with Crippen molar-refractivity contribution in [2.75, 3.05) is 167 Å². The number of hydrogen-bond donors (Lipinski definition) is 8. The first-order valence-corrected chi connectivity index (χ1v) is 55.9. The van der Waals surface area contributed by atoms with Gasteiger partial charge in [-0.3, -0.25) is 38.8 Å². The normalized spacial score (nSPS) is 22.5. The highest BCUT2D eigenvalue weighted by atomic mass is 19.1. The molecule has 16 heterocycles. The summed E-state index contributed by atoms with van der Waals surface area (Å²) in [6, 6.07) is 30.9. The number of benzene rings is 4. The number of carbonyl (C=O) groups is 4. The summed E-state index contributed by atoms with van der Waals surface area (Å²) in [5.74, 6) is 1.50. The standard InChI is InChI=1S/2C30H41N3O5.2C29H38FN3O4/c2*1-20-10-11-23(26-9-6-16-38-26)25(17-20)28(30(34)35)33-14-12-22(19-33)37-15-4-3-7-21-18-27(36-2)24-8-5-13-31-29(24)32-21;2*30-21-10-12-24(26-8-2-4-17-37-26)25(18-21)27(29(34)35)33-15-13-23(19-33)36-16-3-1-7-22-11-9-20-6-5-14-31-28(20)32-22/h2*10-11,17-18,22,26,28H,3-9,12-16,19H2,1-2H3,(H,31,32)(H,34,35);2*9-12,18,23,26-27H,1-8,13-17,19H2,(H,31,32)(H,34,35)/t22-,26+,28+;22-,26+,28-;23-,26-,27+;23-,26-,27-/m1100/s1. The van der Waals surface area contributed by atoms with Gasteiger partial charge in [0.25, 0.3) is 0 Å². The minimum absolute atomic E-state index is 0.0116. The lowest BCUT2D eigenvalue weighted by atomic mass is 9.92. The average Bonchev–Trinajstić information content (AvgIpc) is 1.73.